The molecule has 1 saturated heterocycles. The van der Waals surface area contributed by atoms with E-state index in [0.717, 1.165) is 6.42 Å². The number of ketones is 1. The third-order valence-electron chi connectivity index (χ3n) is 4.76. The van der Waals surface area contributed by atoms with Gasteiger partial charge in [0.05, 0.1) is 16.5 Å². The summed E-state index contributed by atoms with van der Waals surface area (Å²) in [6.07, 6.45) is 1.52. The fourth-order valence-corrected chi connectivity index (χ4v) is 3.32. The molecule has 0 saturated carbocycles. The van der Waals surface area contributed by atoms with Gasteiger partial charge in [-0.05, 0) is 24.1 Å². The van der Waals surface area contributed by atoms with E-state index in [0.29, 0.717) is 24.1 Å². The third kappa shape index (κ3) is 3.51. The lowest BCUT2D eigenvalue weighted by Crippen LogP contribution is -2.30. The molecule has 1 heterocycles. The SMILES string of the molecule is CCCCN1C(=O)C(=O)/C(=C(/O)c2ccccc2)[C@H]1c1ccc([N+](=O)[O-])cc1. The summed E-state index contributed by atoms with van der Waals surface area (Å²) in [5.41, 5.74) is 0.889. The van der Waals surface area contributed by atoms with Crippen molar-refractivity contribution in [2.45, 2.75) is 25.8 Å². The number of nitrogens with zero attached hydrogens (tertiary/aromatic N) is 2. The second-order valence-corrected chi connectivity index (χ2v) is 6.56. The van der Waals surface area contributed by atoms with Gasteiger partial charge in [-0.2, -0.15) is 0 Å². The standard InChI is InChI=1S/C21H20N2O5/c1-2-3-13-22-18(14-9-11-16(12-10-14)23(27)28)17(20(25)21(22)26)19(24)15-7-5-4-6-8-15/h4-12,18,24H,2-3,13H2,1H3/b19-17+/t18-/m1/s1. The van der Waals surface area contributed by atoms with Gasteiger partial charge >= 0.3 is 0 Å². The van der Waals surface area contributed by atoms with E-state index in [-0.39, 0.29) is 17.0 Å². The summed E-state index contributed by atoms with van der Waals surface area (Å²) in [4.78, 5) is 37.2. The number of non-ortho nitro benzene ring substituents is 1. The molecule has 28 heavy (non-hydrogen) atoms. The quantitative estimate of drug-likeness (QED) is 0.270. The number of aliphatic hydroxyl groups is 1. The lowest BCUT2D eigenvalue weighted by atomic mass is 9.95. The summed E-state index contributed by atoms with van der Waals surface area (Å²) < 4.78 is 0. The lowest BCUT2D eigenvalue weighted by molar-refractivity contribution is -0.384. The molecular weight excluding hydrogens is 360 g/mol. The van der Waals surface area contributed by atoms with E-state index < -0.39 is 22.7 Å². The van der Waals surface area contributed by atoms with Crippen LogP contribution in [0.3, 0.4) is 0 Å². The number of benzene rings is 2. The molecule has 0 aliphatic carbocycles. The van der Waals surface area contributed by atoms with E-state index in [9.17, 15) is 24.8 Å². The van der Waals surface area contributed by atoms with Crippen LogP contribution in [-0.4, -0.2) is 33.2 Å². The Kier molecular flexibility index (Phi) is 5.54. The summed E-state index contributed by atoms with van der Waals surface area (Å²) in [5.74, 6) is -1.67. The first kappa shape index (κ1) is 19.3. The second-order valence-electron chi connectivity index (χ2n) is 6.56. The maximum absolute atomic E-state index is 12.7. The maximum Gasteiger partial charge on any atom is 0.295 e. The Balaban J connectivity index is 2.14. The van der Waals surface area contributed by atoms with E-state index in [1.165, 1.54) is 29.2 Å². The van der Waals surface area contributed by atoms with Crippen LogP contribution in [0, 0.1) is 10.1 Å². The first-order valence-electron chi connectivity index (χ1n) is 9.04. The fourth-order valence-electron chi connectivity index (χ4n) is 3.32. The van der Waals surface area contributed by atoms with Crippen molar-refractivity contribution in [3.63, 3.8) is 0 Å². The van der Waals surface area contributed by atoms with Crippen molar-refractivity contribution in [3.05, 3.63) is 81.4 Å². The molecule has 1 fully saturated rings. The van der Waals surface area contributed by atoms with Crippen molar-refractivity contribution >= 4 is 23.1 Å². The zero-order valence-electron chi connectivity index (χ0n) is 15.4. The first-order chi connectivity index (χ1) is 13.5. The van der Waals surface area contributed by atoms with Crippen molar-refractivity contribution in [3.8, 4) is 0 Å². The van der Waals surface area contributed by atoms with Crippen LogP contribution < -0.4 is 0 Å². The molecule has 2 aromatic rings. The molecule has 1 aliphatic rings. The number of carbonyl (C=O) groups excluding carboxylic acids is 2. The molecule has 0 bridgehead atoms. The second kappa shape index (κ2) is 8.04. The molecule has 144 valence electrons. The molecule has 0 spiro atoms. The van der Waals surface area contributed by atoms with Gasteiger partial charge in [0.15, 0.2) is 0 Å². The molecule has 1 amide bonds. The molecule has 1 N–H and O–H groups in total. The maximum atomic E-state index is 12.7. The lowest BCUT2D eigenvalue weighted by Gasteiger charge is -2.25. The molecule has 7 nitrogen and oxygen atoms in total. The number of nitro benzene ring substituents is 1. The van der Waals surface area contributed by atoms with Crippen molar-refractivity contribution in [2.75, 3.05) is 6.54 Å². The van der Waals surface area contributed by atoms with Crippen LogP contribution in [0.5, 0.6) is 0 Å². The van der Waals surface area contributed by atoms with Gasteiger partial charge in [-0.1, -0.05) is 43.7 Å². The minimum atomic E-state index is -0.785. The highest BCUT2D eigenvalue weighted by Gasteiger charge is 2.45. The molecule has 1 atom stereocenters. The van der Waals surface area contributed by atoms with Gasteiger partial charge in [-0.3, -0.25) is 19.7 Å². The molecule has 7 heteroatoms. The van der Waals surface area contributed by atoms with Crippen LogP contribution in [0.15, 0.2) is 60.2 Å². The number of likely N-dealkylation sites (tertiary alicyclic amines) is 1. The Morgan fingerprint density at radius 3 is 2.32 bits per heavy atom. The molecule has 0 aromatic heterocycles. The van der Waals surface area contributed by atoms with Crippen molar-refractivity contribution in [1.82, 2.24) is 4.90 Å². The number of rotatable bonds is 6. The molecule has 3 rings (SSSR count). The Morgan fingerprint density at radius 1 is 1.11 bits per heavy atom. The zero-order chi connectivity index (χ0) is 20.3. The summed E-state index contributed by atoms with van der Waals surface area (Å²) in [5, 5.41) is 21.7. The van der Waals surface area contributed by atoms with E-state index in [1.807, 2.05) is 6.92 Å². The summed E-state index contributed by atoms with van der Waals surface area (Å²) in [6.45, 7) is 2.33. The predicted molar refractivity (Wildman–Crippen MR) is 103 cm³/mol. The summed E-state index contributed by atoms with van der Waals surface area (Å²) in [6, 6.07) is 13.5. The van der Waals surface area contributed by atoms with Gasteiger partial charge in [0.25, 0.3) is 17.4 Å². The Hall–Kier alpha value is -3.48. The highest BCUT2D eigenvalue weighted by atomic mass is 16.6. The number of amides is 1. The Bertz CT molecular complexity index is 935. The molecule has 0 unspecified atom stereocenters. The topological polar surface area (TPSA) is 101 Å². The highest BCUT2D eigenvalue weighted by Crippen LogP contribution is 2.39. The van der Waals surface area contributed by atoms with Crippen LogP contribution in [0.4, 0.5) is 5.69 Å². The summed E-state index contributed by atoms with van der Waals surface area (Å²) in [7, 11) is 0. The predicted octanol–water partition coefficient (Wildman–Crippen LogP) is 3.82. The van der Waals surface area contributed by atoms with Gasteiger partial charge in [0.1, 0.15) is 5.76 Å². The molecule has 2 aromatic carbocycles. The van der Waals surface area contributed by atoms with Crippen LogP contribution in [-0.2, 0) is 9.59 Å². The van der Waals surface area contributed by atoms with E-state index in [1.54, 1.807) is 30.3 Å². The Morgan fingerprint density at radius 2 is 1.75 bits per heavy atom. The van der Waals surface area contributed by atoms with Gasteiger partial charge in [-0.15, -0.1) is 0 Å². The number of Topliss-reactive ketones (excluding diaryl/α,β-unsaturated/α-hetero) is 1. The van der Waals surface area contributed by atoms with Gasteiger partial charge in [0.2, 0.25) is 0 Å². The van der Waals surface area contributed by atoms with Gasteiger partial charge < -0.3 is 10.0 Å². The minimum absolute atomic E-state index is 0.00107. The van der Waals surface area contributed by atoms with Crippen LogP contribution in [0.25, 0.3) is 5.76 Å². The highest BCUT2D eigenvalue weighted by molar-refractivity contribution is 6.46. The normalized spacial score (nSPS) is 18.5. The average Bonchev–Trinajstić information content (AvgIpc) is 2.97. The third-order valence-corrected chi connectivity index (χ3v) is 4.76. The smallest absolute Gasteiger partial charge is 0.295 e. The van der Waals surface area contributed by atoms with Gasteiger partial charge in [-0.25, -0.2) is 0 Å². The number of nitro groups is 1. The molecule has 0 radical (unpaired) electrons. The van der Waals surface area contributed by atoms with Crippen molar-refractivity contribution < 1.29 is 19.6 Å². The number of hydrogen-bond acceptors (Lipinski definition) is 5. The first-order valence-corrected chi connectivity index (χ1v) is 9.04. The van der Waals surface area contributed by atoms with Crippen molar-refractivity contribution in [2.24, 2.45) is 0 Å². The molecular formula is C21H20N2O5. The number of unbranched alkanes of at least 4 members (excludes halogenated alkanes) is 1. The minimum Gasteiger partial charge on any atom is -0.507 e. The average molecular weight is 380 g/mol. The van der Waals surface area contributed by atoms with E-state index in [4.69, 9.17) is 0 Å². The zero-order valence-corrected chi connectivity index (χ0v) is 15.4. The number of hydrogen-bond donors (Lipinski definition) is 1. The van der Waals surface area contributed by atoms with Crippen LogP contribution >= 0.6 is 0 Å². The fraction of sp³-hybridized carbons (Fsp3) is 0.238. The largest absolute Gasteiger partial charge is 0.507 e. The number of aliphatic hydroxyl groups excluding tert-OH is 1. The van der Waals surface area contributed by atoms with Crippen LogP contribution in [0.1, 0.15) is 36.9 Å². The summed E-state index contributed by atoms with van der Waals surface area (Å²) >= 11 is 0. The van der Waals surface area contributed by atoms with E-state index in [2.05, 4.69) is 0 Å². The monoisotopic (exact) mass is 380 g/mol. The molecule has 1 aliphatic heterocycles. The van der Waals surface area contributed by atoms with Gasteiger partial charge in [0, 0.05) is 24.2 Å². The van der Waals surface area contributed by atoms with Crippen LogP contribution in [0.2, 0.25) is 0 Å². The Labute approximate surface area is 162 Å². The van der Waals surface area contributed by atoms with E-state index >= 15 is 0 Å². The number of carbonyl (C=O) groups is 2. The van der Waals surface area contributed by atoms with Crippen molar-refractivity contribution in [1.29, 1.82) is 0 Å².